The highest BCUT2D eigenvalue weighted by molar-refractivity contribution is 9.08. The highest BCUT2D eigenvalue weighted by atomic mass is 79.9. The number of aromatic nitrogens is 1. The zero-order valence-corrected chi connectivity index (χ0v) is 19.7. The van der Waals surface area contributed by atoms with Crippen molar-refractivity contribution in [3.63, 3.8) is 0 Å². The summed E-state index contributed by atoms with van der Waals surface area (Å²) in [6.45, 7) is 2.09. The molecule has 1 aliphatic rings. The Kier molecular flexibility index (Phi) is 6.43. The lowest BCUT2D eigenvalue weighted by Crippen LogP contribution is -2.48. The first-order chi connectivity index (χ1) is 14.5. The number of nitrogens with zero attached hydrogens (tertiary/aromatic N) is 3. The predicted molar refractivity (Wildman–Crippen MR) is 124 cm³/mol. The van der Waals surface area contributed by atoms with Crippen LogP contribution < -0.4 is 9.64 Å². The van der Waals surface area contributed by atoms with Crippen molar-refractivity contribution in [3.05, 3.63) is 59.5 Å². The third-order valence-electron chi connectivity index (χ3n) is 5.10. The van der Waals surface area contributed by atoms with Crippen molar-refractivity contribution in [1.29, 1.82) is 0 Å². The number of ether oxygens (including phenoxy) is 1. The standard InChI is InChI=1S/C21H22BrN3O3S2/c1-28-20-5-3-2-4-18(20)19-15-29-21(23-19)24-10-12-25(13-11-24)30(26,27)17-8-6-16(14-22)7-9-17/h2-9,15H,10-14H2,1H3. The van der Waals surface area contributed by atoms with Gasteiger partial charge in [-0.25, -0.2) is 13.4 Å². The van der Waals surface area contributed by atoms with Crippen LogP contribution in [0.15, 0.2) is 58.8 Å². The Hall–Kier alpha value is -1.94. The topological polar surface area (TPSA) is 62.7 Å². The highest BCUT2D eigenvalue weighted by Gasteiger charge is 2.29. The van der Waals surface area contributed by atoms with Crippen molar-refractivity contribution in [2.45, 2.75) is 10.2 Å². The number of hydrogen-bond donors (Lipinski definition) is 0. The van der Waals surface area contributed by atoms with E-state index in [2.05, 4.69) is 20.8 Å². The summed E-state index contributed by atoms with van der Waals surface area (Å²) in [5, 5.41) is 3.62. The van der Waals surface area contributed by atoms with Crippen molar-refractivity contribution in [3.8, 4) is 17.0 Å². The number of rotatable bonds is 6. The van der Waals surface area contributed by atoms with Gasteiger partial charge in [0, 0.05) is 42.5 Å². The van der Waals surface area contributed by atoms with Crippen molar-refractivity contribution in [2.24, 2.45) is 0 Å². The van der Waals surface area contributed by atoms with Gasteiger partial charge in [0.15, 0.2) is 5.13 Å². The number of piperazine rings is 1. The number of methoxy groups -OCH3 is 1. The van der Waals surface area contributed by atoms with E-state index in [0.717, 1.165) is 27.7 Å². The number of hydrogen-bond acceptors (Lipinski definition) is 6. The molecule has 30 heavy (non-hydrogen) atoms. The van der Waals surface area contributed by atoms with E-state index in [1.807, 2.05) is 41.8 Å². The summed E-state index contributed by atoms with van der Waals surface area (Å²) < 4.78 is 32.9. The van der Waals surface area contributed by atoms with Gasteiger partial charge in [0.2, 0.25) is 10.0 Å². The number of para-hydroxylation sites is 1. The highest BCUT2D eigenvalue weighted by Crippen LogP contribution is 2.33. The molecule has 158 valence electrons. The summed E-state index contributed by atoms with van der Waals surface area (Å²) in [6, 6.07) is 14.8. The van der Waals surface area contributed by atoms with Gasteiger partial charge >= 0.3 is 0 Å². The van der Waals surface area contributed by atoms with E-state index in [1.165, 1.54) is 0 Å². The Labute approximate surface area is 189 Å². The summed E-state index contributed by atoms with van der Waals surface area (Å²) in [5.74, 6) is 0.788. The lowest BCUT2D eigenvalue weighted by atomic mass is 10.1. The molecule has 0 N–H and O–H groups in total. The van der Waals surface area contributed by atoms with Crippen LogP contribution in [0.25, 0.3) is 11.3 Å². The molecule has 0 bridgehead atoms. The van der Waals surface area contributed by atoms with E-state index in [4.69, 9.17) is 9.72 Å². The second-order valence-electron chi connectivity index (χ2n) is 6.88. The van der Waals surface area contributed by atoms with Crippen LogP contribution >= 0.6 is 27.3 Å². The van der Waals surface area contributed by atoms with Gasteiger partial charge in [-0.2, -0.15) is 4.31 Å². The molecule has 1 aromatic heterocycles. The maximum absolute atomic E-state index is 13.0. The second-order valence-corrected chi connectivity index (χ2v) is 10.2. The van der Waals surface area contributed by atoms with Crippen LogP contribution in [0.5, 0.6) is 5.75 Å². The molecule has 0 radical (unpaired) electrons. The number of benzene rings is 2. The normalized spacial score (nSPS) is 15.3. The van der Waals surface area contributed by atoms with Gasteiger partial charge in [-0.1, -0.05) is 40.2 Å². The zero-order chi connectivity index (χ0) is 21.1. The second kappa shape index (κ2) is 9.05. The van der Waals surface area contributed by atoms with Crippen molar-refractivity contribution in [1.82, 2.24) is 9.29 Å². The van der Waals surface area contributed by atoms with Gasteiger partial charge in [0.05, 0.1) is 17.7 Å². The van der Waals surface area contributed by atoms with E-state index in [9.17, 15) is 8.42 Å². The van der Waals surface area contributed by atoms with Crippen molar-refractivity contribution in [2.75, 3.05) is 38.2 Å². The lowest BCUT2D eigenvalue weighted by molar-refractivity contribution is 0.384. The smallest absolute Gasteiger partial charge is 0.243 e. The van der Waals surface area contributed by atoms with E-state index < -0.39 is 10.0 Å². The Morgan fingerprint density at radius 3 is 2.43 bits per heavy atom. The molecular weight excluding hydrogens is 486 g/mol. The summed E-state index contributed by atoms with van der Waals surface area (Å²) in [7, 11) is -1.83. The van der Waals surface area contributed by atoms with Gasteiger partial charge in [-0.05, 0) is 29.8 Å². The van der Waals surface area contributed by atoms with E-state index >= 15 is 0 Å². The van der Waals surface area contributed by atoms with Crippen LogP contribution in [-0.4, -0.2) is 51.0 Å². The third-order valence-corrected chi connectivity index (χ3v) is 8.56. The summed E-state index contributed by atoms with van der Waals surface area (Å²) in [5.41, 5.74) is 2.87. The van der Waals surface area contributed by atoms with Crippen LogP contribution in [0, 0.1) is 0 Å². The first-order valence-electron chi connectivity index (χ1n) is 9.52. The van der Waals surface area contributed by atoms with Crippen LogP contribution in [0.1, 0.15) is 5.56 Å². The molecule has 4 rings (SSSR count). The van der Waals surface area contributed by atoms with Gasteiger partial charge < -0.3 is 9.64 Å². The number of thiazole rings is 1. The third kappa shape index (κ3) is 4.25. The van der Waals surface area contributed by atoms with Crippen molar-refractivity contribution < 1.29 is 13.2 Å². The molecule has 1 aliphatic heterocycles. The fraction of sp³-hybridized carbons (Fsp3) is 0.286. The van der Waals surface area contributed by atoms with E-state index in [1.54, 1.807) is 34.9 Å². The monoisotopic (exact) mass is 507 g/mol. The summed E-state index contributed by atoms with van der Waals surface area (Å²) >= 11 is 4.95. The quantitative estimate of drug-likeness (QED) is 0.467. The molecule has 1 fully saturated rings. The van der Waals surface area contributed by atoms with Gasteiger partial charge in [0.25, 0.3) is 0 Å². The van der Waals surface area contributed by atoms with Crippen molar-refractivity contribution >= 4 is 42.4 Å². The molecule has 2 aromatic carbocycles. The summed E-state index contributed by atoms with van der Waals surface area (Å²) in [4.78, 5) is 7.25. The number of halogens is 1. The fourth-order valence-corrected chi connectivity index (χ4v) is 6.08. The molecule has 0 spiro atoms. The number of anilines is 1. The Balaban J connectivity index is 1.45. The van der Waals surface area contributed by atoms with Crippen LogP contribution in [0.4, 0.5) is 5.13 Å². The Morgan fingerprint density at radius 2 is 1.77 bits per heavy atom. The first-order valence-corrected chi connectivity index (χ1v) is 13.0. The Bertz CT molecular complexity index is 1110. The largest absolute Gasteiger partial charge is 0.496 e. The average molecular weight is 508 g/mol. The van der Waals surface area contributed by atoms with Gasteiger partial charge in [-0.3, -0.25) is 0 Å². The van der Waals surface area contributed by atoms with Crippen LogP contribution in [-0.2, 0) is 15.4 Å². The fourth-order valence-electron chi connectivity index (χ4n) is 3.41. The predicted octanol–water partition coefficient (Wildman–Crippen LogP) is 4.22. The van der Waals surface area contributed by atoms with E-state index in [-0.39, 0.29) is 0 Å². The molecule has 0 amide bonds. The first kappa shape index (κ1) is 21.3. The minimum Gasteiger partial charge on any atom is -0.496 e. The molecule has 2 heterocycles. The molecule has 1 saturated heterocycles. The van der Waals surface area contributed by atoms with Gasteiger partial charge in [0.1, 0.15) is 5.75 Å². The number of alkyl halides is 1. The molecule has 0 atom stereocenters. The van der Waals surface area contributed by atoms with Gasteiger partial charge in [-0.15, -0.1) is 11.3 Å². The Morgan fingerprint density at radius 1 is 1.07 bits per heavy atom. The molecule has 0 aliphatic carbocycles. The molecule has 3 aromatic rings. The molecular formula is C21H22BrN3O3S2. The maximum Gasteiger partial charge on any atom is 0.243 e. The zero-order valence-electron chi connectivity index (χ0n) is 16.5. The lowest BCUT2D eigenvalue weighted by Gasteiger charge is -2.33. The molecule has 0 saturated carbocycles. The molecule has 9 heteroatoms. The van der Waals surface area contributed by atoms with Crippen LogP contribution in [0.3, 0.4) is 0 Å². The molecule has 6 nitrogen and oxygen atoms in total. The van der Waals surface area contributed by atoms with Crippen LogP contribution in [0.2, 0.25) is 0 Å². The number of sulfonamides is 1. The van der Waals surface area contributed by atoms with E-state index in [0.29, 0.717) is 36.4 Å². The summed E-state index contributed by atoms with van der Waals surface area (Å²) in [6.07, 6.45) is 0. The molecule has 0 unspecified atom stereocenters. The average Bonchev–Trinajstić information content (AvgIpc) is 3.29. The SMILES string of the molecule is COc1ccccc1-c1csc(N2CCN(S(=O)(=O)c3ccc(CBr)cc3)CC2)n1. The minimum atomic E-state index is -3.48. The maximum atomic E-state index is 13.0. The minimum absolute atomic E-state index is 0.341.